The Morgan fingerprint density at radius 3 is 2.44 bits per heavy atom. The summed E-state index contributed by atoms with van der Waals surface area (Å²) in [5.41, 5.74) is 4.08. The fraction of sp³-hybridized carbons (Fsp3) is 0.400. The lowest BCUT2D eigenvalue weighted by Crippen LogP contribution is -2.10. The zero-order valence-electron chi connectivity index (χ0n) is 8.67. The van der Waals surface area contributed by atoms with Gasteiger partial charge < -0.3 is 15.2 Å². The van der Waals surface area contributed by atoms with Gasteiger partial charge in [0.1, 0.15) is 12.4 Å². The predicted octanol–water partition coefficient (Wildman–Crippen LogP) is 2.31. The molecular weight excluding hydrogens is 223 g/mol. The van der Waals surface area contributed by atoms with Gasteiger partial charge in [-0.1, -0.05) is 0 Å². The van der Waals surface area contributed by atoms with E-state index < -0.39 is 11.7 Å². The molecule has 0 aliphatic carbocycles. The van der Waals surface area contributed by atoms with Crippen molar-refractivity contribution in [1.82, 2.24) is 0 Å². The number of methoxy groups -OCH3 is 1. The largest absolute Gasteiger partial charge is 0.491 e. The van der Waals surface area contributed by atoms with E-state index in [0.717, 1.165) is 12.1 Å². The fourth-order valence-corrected chi connectivity index (χ4v) is 1.13. The Bertz CT molecular complexity index is 352. The lowest BCUT2D eigenvalue weighted by molar-refractivity contribution is -0.136. The van der Waals surface area contributed by atoms with E-state index in [1.165, 1.54) is 13.2 Å². The van der Waals surface area contributed by atoms with E-state index in [-0.39, 0.29) is 12.3 Å². The number of ether oxygens (including phenoxy) is 2. The van der Waals surface area contributed by atoms with E-state index in [0.29, 0.717) is 12.4 Å². The van der Waals surface area contributed by atoms with E-state index in [2.05, 4.69) is 0 Å². The molecule has 0 aliphatic heterocycles. The molecule has 0 aliphatic rings. The SMILES string of the molecule is COCCOc1ccc(C(F)(F)F)c(N)c1. The van der Waals surface area contributed by atoms with Crippen LogP contribution in [0.15, 0.2) is 18.2 Å². The molecule has 0 saturated carbocycles. The van der Waals surface area contributed by atoms with Crippen molar-refractivity contribution in [2.24, 2.45) is 0 Å². The minimum atomic E-state index is -4.44. The second-order valence-electron chi connectivity index (χ2n) is 3.09. The van der Waals surface area contributed by atoms with E-state index in [1.54, 1.807) is 0 Å². The molecule has 0 amide bonds. The number of anilines is 1. The van der Waals surface area contributed by atoms with Gasteiger partial charge in [-0.25, -0.2) is 0 Å². The Morgan fingerprint density at radius 1 is 1.25 bits per heavy atom. The number of halogens is 3. The molecule has 90 valence electrons. The topological polar surface area (TPSA) is 44.5 Å². The molecule has 2 N–H and O–H groups in total. The van der Waals surface area contributed by atoms with Gasteiger partial charge in [0.25, 0.3) is 0 Å². The molecule has 0 aromatic heterocycles. The number of benzene rings is 1. The van der Waals surface area contributed by atoms with Crippen LogP contribution in [0.1, 0.15) is 5.56 Å². The van der Waals surface area contributed by atoms with Gasteiger partial charge in [0, 0.05) is 18.9 Å². The number of hydrogen-bond acceptors (Lipinski definition) is 3. The van der Waals surface area contributed by atoms with Crippen LogP contribution in [-0.2, 0) is 10.9 Å². The van der Waals surface area contributed by atoms with Crippen molar-refractivity contribution in [3.05, 3.63) is 23.8 Å². The van der Waals surface area contributed by atoms with E-state index >= 15 is 0 Å². The molecule has 16 heavy (non-hydrogen) atoms. The average molecular weight is 235 g/mol. The van der Waals surface area contributed by atoms with Crippen LogP contribution in [0, 0.1) is 0 Å². The number of nitrogens with two attached hydrogens (primary N) is 1. The number of rotatable bonds is 4. The average Bonchev–Trinajstić information content (AvgIpc) is 2.16. The van der Waals surface area contributed by atoms with Crippen LogP contribution in [0.2, 0.25) is 0 Å². The second kappa shape index (κ2) is 5.07. The van der Waals surface area contributed by atoms with E-state index in [1.807, 2.05) is 0 Å². The Balaban J connectivity index is 2.75. The minimum Gasteiger partial charge on any atom is -0.491 e. The molecule has 1 rings (SSSR count). The van der Waals surface area contributed by atoms with Crippen LogP contribution < -0.4 is 10.5 Å². The lowest BCUT2D eigenvalue weighted by atomic mass is 10.1. The first-order valence-electron chi connectivity index (χ1n) is 4.53. The van der Waals surface area contributed by atoms with Crippen LogP contribution in [0.3, 0.4) is 0 Å². The van der Waals surface area contributed by atoms with Crippen LogP contribution in [0.5, 0.6) is 5.75 Å². The minimum absolute atomic E-state index is 0.265. The normalized spacial score (nSPS) is 11.5. The maximum atomic E-state index is 12.3. The van der Waals surface area contributed by atoms with E-state index in [4.69, 9.17) is 15.2 Å². The Morgan fingerprint density at radius 2 is 1.94 bits per heavy atom. The van der Waals surface area contributed by atoms with Gasteiger partial charge >= 0.3 is 6.18 Å². The number of hydrogen-bond donors (Lipinski definition) is 1. The van der Waals surface area contributed by atoms with Crippen molar-refractivity contribution in [3.8, 4) is 5.75 Å². The summed E-state index contributed by atoms with van der Waals surface area (Å²) in [6.07, 6.45) is -4.44. The third kappa shape index (κ3) is 3.30. The third-order valence-corrected chi connectivity index (χ3v) is 1.88. The molecular formula is C10H12F3NO2. The van der Waals surface area contributed by atoms with Gasteiger partial charge in [-0.3, -0.25) is 0 Å². The Labute approximate surface area is 91.0 Å². The molecule has 0 saturated heterocycles. The molecule has 0 heterocycles. The molecule has 6 heteroatoms. The highest BCUT2D eigenvalue weighted by Gasteiger charge is 2.32. The summed E-state index contributed by atoms with van der Waals surface area (Å²) in [6, 6.07) is 3.28. The van der Waals surface area contributed by atoms with Gasteiger partial charge in [0.2, 0.25) is 0 Å². The Kier molecular flexibility index (Phi) is 4.00. The molecule has 3 nitrogen and oxygen atoms in total. The van der Waals surface area contributed by atoms with Crippen molar-refractivity contribution < 1.29 is 22.6 Å². The lowest BCUT2D eigenvalue weighted by Gasteiger charge is -2.11. The van der Waals surface area contributed by atoms with Gasteiger partial charge in [-0.2, -0.15) is 13.2 Å². The Hall–Kier alpha value is -1.43. The van der Waals surface area contributed by atoms with Crippen molar-refractivity contribution in [2.75, 3.05) is 26.1 Å². The van der Waals surface area contributed by atoms with Crippen molar-refractivity contribution in [3.63, 3.8) is 0 Å². The maximum Gasteiger partial charge on any atom is 0.418 e. The summed E-state index contributed by atoms with van der Waals surface area (Å²) in [4.78, 5) is 0. The third-order valence-electron chi connectivity index (χ3n) is 1.88. The highest BCUT2D eigenvalue weighted by molar-refractivity contribution is 5.52. The first kappa shape index (κ1) is 12.6. The molecule has 1 aromatic rings. The molecule has 0 fully saturated rings. The van der Waals surface area contributed by atoms with Crippen molar-refractivity contribution in [1.29, 1.82) is 0 Å². The number of nitrogen functional groups attached to an aromatic ring is 1. The highest BCUT2D eigenvalue weighted by Crippen LogP contribution is 2.35. The standard InChI is InChI=1S/C10H12F3NO2/c1-15-4-5-16-7-2-3-8(9(14)6-7)10(11,12)13/h2-3,6H,4-5,14H2,1H3. The molecule has 0 bridgehead atoms. The highest BCUT2D eigenvalue weighted by atomic mass is 19.4. The quantitative estimate of drug-likeness (QED) is 0.643. The van der Waals surface area contributed by atoms with E-state index in [9.17, 15) is 13.2 Å². The van der Waals surface area contributed by atoms with Crippen LogP contribution >= 0.6 is 0 Å². The van der Waals surface area contributed by atoms with Gasteiger partial charge in [0.05, 0.1) is 12.2 Å². The summed E-state index contributed by atoms with van der Waals surface area (Å²) < 4.78 is 46.9. The maximum absolute atomic E-state index is 12.3. The monoisotopic (exact) mass is 235 g/mol. The van der Waals surface area contributed by atoms with Gasteiger partial charge in [-0.05, 0) is 12.1 Å². The molecule has 0 atom stereocenters. The van der Waals surface area contributed by atoms with Crippen molar-refractivity contribution in [2.45, 2.75) is 6.18 Å². The van der Waals surface area contributed by atoms with Crippen molar-refractivity contribution >= 4 is 5.69 Å². The van der Waals surface area contributed by atoms with Crippen LogP contribution in [0.25, 0.3) is 0 Å². The predicted molar refractivity (Wildman–Crippen MR) is 53.2 cm³/mol. The number of alkyl halides is 3. The molecule has 1 aromatic carbocycles. The molecule has 0 spiro atoms. The first-order valence-corrected chi connectivity index (χ1v) is 4.53. The summed E-state index contributed by atoms with van der Waals surface area (Å²) in [6.45, 7) is 0.627. The first-order chi connectivity index (χ1) is 7.45. The van der Waals surface area contributed by atoms with Gasteiger partial charge in [-0.15, -0.1) is 0 Å². The van der Waals surface area contributed by atoms with Gasteiger partial charge in [0.15, 0.2) is 0 Å². The second-order valence-corrected chi connectivity index (χ2v) is 3.09. The fourth-order valence-electron chi connectivity index (χ4n) is 1.13. The summed E-state index contributed by atoms with van der Waals surface area (Å²) in [5.74, 6) is 0.294. The summed E-state index contributed by atoms with van der Waals surface area (Å²) >= 11 is 0. The smallest absolute Gasteiger partial charge is 0.418 e. The molecule has 0 radical (unpaired) electrons. The zero-order chi connectivity index (χ0) is 12.2. The zero-order valence-corrected chi connectivity index (χ0v) is 8.67. The summed E-state index contributed by atoms with van der Waals surface area (Å²) in [7, 11) is 1.50. The molecule has 0 unspecified atom stereocenters. The summed E-state index contributed by atoms with van der Waals surface area (Å²) in [5, 5.41) is 0. The van der Waals surface area contributed by atoms with Crippen LogP contribution in [0.4, 0.5) is 18.9 Å². The van der Waals surface area contributed by atoms with Crippen LogP contribution in [-0.4, -0.2) is 20.3 Å².